The number of rotatable bonds is 4. The molecule has 108 valence electrons. The molecule has 0 saturated carbocycles. The van der Waals surface area contributed by atoms with Gasteiger partial charge in [0.1, 0.15) is 6.20 Å². The molecular formula is C18H28NSi+. The predicted octanol–water partition coefficient (Wildman–Crippen LogP) is 5.15. The van der Waals surface area contributed by atoms with Crippen LogP contribution in [0.1, 0.15) is 41.5 Å². The van der Waals surface area contributed by atoms with Gasteiger partial charge >= 0.3 is 8.24 Å². The Kier molecular flexibility index (Phi) is 4.33. The van der Waals surface area contributed by atoms with Gasteiger partial charge in [0.15, 0.2) is 5.52 Å². The zero-order chi connectivity index (χ0) is 14.9. The molecule has 2 heteroatoms. The monoisotopic (exact) mass is 286 g/mol. The molecule has 1 nitrogen and oxygen atoms in total. The summed E-state index contributed by atoms with van der Waals surface area (Å²) in [6.45, 7) is 14.5. The molecule has 1 aromatic heterocycles. The van der Waals surface area contributed by atoms with Crippen LogP contribution in [0.25, 0.3) is 10.9 Å². The molecule has 0 radical (unpaired) electrons. The fourth-order valence-electron chi connectivity index (χ4n) is 4.33. The number of para-hydroxylation sites is 1. The lowest BCUT2D eigenvalue weighted by Crippen LogP contribution is -2.70. The highest BCUT2D eigenvalue weighted by atomic mass is 28.3. The van der Waals surface area contributed by atoms with E-state index in [-0.39, 0.29) is 0 Å². The zero-order valence-corrected chi connectivity index (χ0v) is 14.7. The number of fused-ring (bicyclic) bond motifs is 1. The number of pyridine rings is 1. The van der Waals surface area contributed by atoms with Gasteiger partial charge in [-0.15, -0.1) is 0 Å². The van der Waals surface area contributed by atoms with Crippen molar-refractivity contribution in [2.45, 2.75) is 58.2 Å². The third kappa shape index (κ3) is 2.20. The van der Waals surface area contributed by atoms with E-state index in [1.54, 1.807) is 0 Å². The molecule has 0 aliphatic carbocycles. The molecule has 20 heavy (non-hydrogen) atoms. The minimum atomic E-state index is -1.65. The minimum Gasteiger partial charge on any atom is -0.272 e. The van der Waals surface area contributed by atoms with Gasteiger partial charge in [-0.3, -0.25) is 4.23 Å². The van der Waals surface area contributed by atoms with Crippen LogP contribution in [0.2, 0.25) is 16.6 Å². The van der Waals surface area contributed by atoms with E-state index >= 15 is 0 Å². The first-order chi connectivity index (χ1) is 9.42. The van der Waals surface area contributed by atoms with E-state index in [0.29, 0.717) is 0 Å². The average Bonchev–Trinajstić information content (AvgIpc) is 2.38. The molecule has 0 saturated heterocycles. The minimum absolute atomic E-state index is 0.721. The van der Waals surface area contributed by atoms with Crippen LogP contribution in [0.4, 0.5) is 0 Å². The fourth-order valence-corrected chi connectivity index (χ4v) is 11.0. The first-order valence-electron chi connectivity index (χ1n) is 7.82. The van der Waals surface area contributed by atoms with Crippen LogP contribution in [0.3, 0.4) is 0 Å². The summed E-state index contributed by atoms with van der Waals surface area (Å²) in [5.74, 6) is 0. The zero-order valence-electron chi connectivity index (χ0n) is 13.7. The van der Waals surface area contributed by atoms with E-state index in [1.807, 2.05) is 0 Å². The van der Waals surface area contributed by atoms with E-state index in [1.165, 1.54) is 10.9 Å². The number of hydrogen-bond donors (Lipinski definition) is 0. The van der Waals surface area contributed by atoms with Crippen LogP contribution in [0.15, 0.2) is 42.6 Å². The number of nitrogens with zero attached hydrogens (tertiary/aromatic N) is 1. The van der Waals surface area contributed by atoms with Crippen molar-refractivity contribution in [1.82, 2.24) is 0 Å². The van der Waals surface area contributed by atoms with E-state index in [2.05, 4.69) is 88.4 Å². The van der Waals surface area contributed by atoms with Crippen molar-refractivity contribution < 1.29 is 4.23 Å². The van der Waals surface area contributed by atoms with Gasteiger partial charge in [-0.2, -0.15) is 0 Å². The maximum absolute atomic E-state index is 2.67. The Morgan fingerprint density at radius 3 is 1.80 bits per heavy atom. The van der Waals surface area contributed by atoms with Gasteiger partial charge in [-0.05, 0) is 12.1 Å². The van der Waals surface area contributed by atoms with Crippen LogP contribution >= 0.6 is 0 Å². The molecule has 1 heterocycles. The van der Waals surface area contributed by atoms with E-state index < -0.39 is 8.24 Å². The molecule has 2 aromatic rings. The molecule has 0 aliphatic rings. The molecule has 0 unspecified atom stereocenters. The highest BCUT2D eigenvalue weighted by molar-refractivity contribution is 6.75. The van der Waals surface area contributed by atoms with E-state index in [4.69, 9.17) is 0 Å². The van der Waals surface area contributed by atoms with Crippen molar-refractivity contribution in [2.24, 2.45) is 0 Å². The highest BCUT2D eigenvalue weighted by Gasteiger charge is 2.55. The summed E-state index contributed by atoms with van der Waals surface area (Å²) in [7, 11) is -1.65. The van der Waals surface area contributed by atoms with Gasteiger partial charge < -0.3 is 0 Å². The smallest absolute Gasteiger partial charge is 0.272 e. The molecule has 0 bridgehead atoms. The van der Waals surface area contributed by atoms with Crippen molar-refractivity contribution in [3.8, 4) is 0 Å². The Bertz CT molecular complexity index is 560. The quantitative estimate of drug-likeness (QED) is 0.684. The average molecular weight is 287 g/mol. The molecule has 1 aromatic carbocycles. The molecule has 0 amide bonds. The Hall–Kier alpha value is -1.15. The van der Waals surface area contributed by atoms with E-state index in [9.17, 15) is 0 Å². The molecular weight excluding hydrogens is 258 g/mol. The van der Waals surface area contributed by atoms with Gasteiger partial charge in [0, 0.05) is 34.1 Å². The third-order valence-corrected chi connectivity index (χ3v) is 11.7. The first-order valence-corrected chi connectivity index (χ1v) is 10.00. The third-order valence-electron chi connectivity index (χ3n) is 4.90. The predicted molar refractivity (Wildman–Crippen MR) is 90.6 cm³/mol. The Morgan fingerprint density at radius 2 is 1.25 bits per heavy atom. The van der Waals surface area contributed by atoms with Crippen LogP contribution in [-0.4, -0.2) is 8.24 Å². The van der Waals surface area contributed by atoms with Crippen LogP contribution in [0, 0.1) is 0 Å². The van der Waals surface area contributed by atoms with Crippen molar-refractivity contribution in [1.29, 1.82) is 0 Å². The second-order valence-corrected chi connectivity index (χ2v) is 12.5. The largest absolute Gasteiger partial charge is 0.371 e. The summed E-state index contributed by atoms with van der Waals surface area (Å²) < 4.78 is 2.67. The normalized spacial score (nSPS) is 12.8. The second-order valence-electron chi connectivity index (χ2n) is 6.79. The van der Waals surface area contributed by atoms with Crippen molar-refractivity contribution >= 4 is 19.1 Å². The van der Waals surface area contributed by atoms with Crippen molar-refractivity contribution in [3.05, 3.63) is 42.6 Å². The maximum Gasteiger partial charge on any atom is 0.371 e. The summed E-state index contributed by atoms with van der Waals surface area (Å²) >= 11 is 0. The van der Waals surface area contributed by atoms with Crippen molar-refractivity contribution in [2.75, 3.05) is 0 Å². The van der Waals surface area contributed by atoms with Crippen LogP contribution < -0.4 is 4.23 Å². The first kappa shape index (κ1) is 15.2. The van der Waals surface area contributed by atoms with Gasteiger partial charge in [0.05, 0.1) is 0 Å². The lowest BCUT2D eigenvalue weighted by molar-refractivity contribution is -0.523. The van der Waals surface area contributed by atoms with Crippen molar-refractivity contribution in [3.63, 3.8) is 0 Å². The lowest BCUT2D eigenvalue weighted by Gasteiger charge is -2.35. The number of aromatic nitrogens is 1. The van der Waals surface area contributed by atoms with Crippen LogP contribution in [-0.2, 0) is 0 Å². The topological polar surface area (TPSA) is 3.88 Å². The summed E-state index contributed by atoms with van der Waals surface area (Å²) in [6, 6.07) is 13.3. The standard InChI is InChI=1S/C18H28NSi/c1-14(2)20(15(3)4,16(5)6)19-13-9-11-17-10-7-8-12-18(17)19/h7-16H,1-6H3/q+1. The van der Waals surface area contributed by atoms with E-state index in [0.717, 1.165) is 16.6 Å². The fraction of sp³-hybridized carbons (Fsp3) is 0.500. The summed E-state index contributed by atoms with van der Waals surface area (Å²) in [6.07, 6.45) is 2.33. The molecule has 0 atom stereocenters. The molecule has 0 aliphatic heterocycles. The van der Waals surface area contributed by atoms with Gasteiger partial charge in [-0.1, -0.05) is 53.7 Å². The van der Waals surface area contributed by atoms with Crippen LogP contribution in [0.5, 0.6) is 0 Å². The second kappa shape index (κ2) is 5.69. The molecule has 0 spiro atoms. The molecule has 0 N–H and O–H groups in total. The lowest BCUT2D eigenvalue weighted by atomic mass is 10.2. The van der Waals surface area contributed by atoms with Gasteiger partial charge in [0.25, 0.3) is 0 Å². The van der Waals surface area contributed by atoms with Gasteiger partial charge in [0.2, 0.25) is 0 Å². The molecule has 2 rings (SSSR count). The number of benzene rings is 1. The summed E-state index contributed by atoms with van der Waals surface area (Å²) in [4.78, 5) is 0. The summed E-state index contributed by atoms with van der Waals surface area (Å²) in [5, 5.41) is 1.36. The molecule has 0 fully saturated rings. The summed E-state index contributed by atoms with van der Waals surface area (Å²) in [5.41, 5.74) is 3.56. The highest BCUT2D eigenvalue weighted by Crippen LogP contribution is 2.39. The maximum atomic E-state index is 2.67. The Morgan fingerprint density at radius 1 is 0.750 bits per heavy atom. The Balaban J connectivity index is 2.82. The SMILES string of the molecule is CC(C)[Si](C(C)C)(C(C)C)[n+]1cccc2ccccc21. The number of hydrogen-bond acceptors (Lipinski definition) is 0. The Labute approximate surface area is 124 Å². The van der Waals surface area contributed by atoms with Gasteiger partial charge in [-0.25, -0.2) is 0 Å².